The molecule has 0 aliphatic heterocycles. The fourth-order valence-electron chi connectivity index (χ4n) is 3.48. The maximum Gasteiger partial charge on any atom is 0.316 e. The molecule has 0 bridgehead atoms. The SMILES string of the molecule is CCCCS(=O)(=O)CC(COc1ccc(C(C)(C)C)cc1)OC(=O)CSc1nc(C)cc(C)c1C#N. The van der Waals surface area contributed by atoms with Gasteiger partial charge in [-0.2, -0.15) is 5.26 Å². The summed E-state index contributed by atoms with van der Waals surface area (Å²) in [5.74, 6) is -0.398. The number of nitrogens with zero attached hydrogens (tertiary/aromatic N) is 2. The van der Waals surface area contributed by atoms with Crippen molar-refractivity contribution in [3.63, 3.8) is 0 Å². The number of rotatable bonds is 12. The molecular weight excluding hydrogens is 496 g/mol. The quantitative estimate of drug-likeness (QED) is 0.272. The van der Waals surface area contributed by atoms with E-state index in [0.717, 1.165) is 35.0 Å². The maximum atomic E-state index is 12.7. The van der Waals surface area contributed by atoms with Crippen molar-refractivity contribution in [3.8, 4) is 11.8 Å². The summed E-state index contributed by atoms with van der Waals surface area (Å²) in [5, 5.41) is 9.89. The van der Waals surface area contributed by atoms with Crippen LogP contribution in [0.15, 0.2) is 35.4 Å². The highest BCUT2D eigenvalue weighted by Crippen LogP contribution is 2.25. The molecule has 0 aliphatic rings. The molecule has 1 aromatic carbocycles. The van der Waals surface area contributed by atoms with Gasteiger partial charge in [-0.05, 0) is 55.0 Å². The van der Waals surface area contributed by atoms with Gasteiger partial charge in [-0.3, -0.25) is 4.79 Å². The zero-order valence-electron chi connectivity index (χ0n) is 22.0. The summed E-state index contributed by atoms with van der Waals surface area (Å²) < 4.78 is 36.5. The minimum absolute atomic E-state index is 0.00226. The normalized spacial score (nSPS) is 12.6. The fraction of sp³-hybridized carbons (Fsp3) is 0.519. The van der Waals surface area contributed by atoms with Crippen molar-refractivity contribution >= 4 is 27.6 Å². The van der Waals surface area contributed by atoms with Gasteiger partial charge in [0.25, 0.3) is 0 Å². The highest BCUT2D eigenvalue weighted by molar-refractivity contribution is 7.99. The predicted octanol–water partition coefficient (Wildman–Crippen LogP) is 5.17. The van der Waals surface area contributed by atoms with Crippen LogP contribution in [-0.2, 0) is 24.8 Å². The lowest BCUT2D eigenvalue weighted by atomic mass is 9.87. The first-order valence-electron chi connectivity index (χ1n) is 12.0. The van der Waals surface area contributed by atoms with Gasteiger partial charge in [0.15, 0.2) is 9.84 Å². The molecule has 7 nitrogen and oxygen atoms in total. The smallest absolute Gasteiger partial charge is 0.316 e. The number of benzene rings is 1. The summed E-state index contributed by atoms with van der Waals surface area (Å²) in [6.07, 6.45) is 0.342. The van der Waals surface area contributed by atoms with Crippen molar-refractivity contribution in [2.24, 2.45) is 0 Å². The molecule has 2 rings (SSSR count). The van der Waals surface area contributed by atoms with E-state index in [9.17, 15) is 18.5 Å². The van der Waals surface area contributed by atoms with Crippen molar-refractivity contribution in [3.05, 3.63) is 52.7 Å². The van der Waals surface area contributed by atoms with Gasteiger partial charge in [0.05, 0.1) is 22.8 Å². The van der Waals surface area contributed by atoms with Crippen LogP contribution in [0.2, 0.25) is 0 Å². The summed E-state index contributed by atoms with van der Waals surface area (Å²) in [4.78, 5) is 17.0. The van der Waals surface area contributed by atoms with Crippen LogP contribution in [0.5, 0.6) is 5.75 Å². The van der Waals surface area contributed by atoms with Gasteiger partial charge in [-0.1, -0.05) is 58.0 Å². The molecule has 1 heterocycles. The first-order valence-corrected chi connectivity index (χ1v) is 14.8. The van der Waals surface area contributed by atoms with Gasteiger partial charge in [-0.15, -0.1) is 0 Å². The number of hydrogen-bond donors (Lipinski definition) is 0. The molecule has 0 saturated carbocycles. The molecule has 9 heteroatoms. The molecule has 196 valence electrons. The van der Waals surface area contributed by atoms with Crippen LogP contribution in [-0.4, -0.2) is 49.3 Å². The molecule has 0 fully saturated rings. The van der Waals surface area contributed by atoms with E-state index >= 15 is 0 Å². The number of aromatic nitrogens is 1. The number of nitriles is 1. The first kappa shape index (κ1) is 29.7. The van der Waals surface area contributed by atoms with E-state index in [0.29, 0.717) is 22.8 Å². The number of aryl methyl sites for hydroxylation is 2. The maximum absolute atomic E-state index is 12.7. The average molecular weight is 533 g/mol. The zero-order chi connectivity index (χ0) is 26.9. The summed E-state index contributed by atoms with van der Waals surface area (Å²) in [5.41, 5.74) is 3.09. The molecule has 0 radical (unpaired) electrons. The minimum Gasteiger partial charge on any atom is -0.490 e. The summed E-state index contributed by atoms with van der Waals surface area (Å²) >= 11 is 1.10. The van der Waals surface area contributed by atoms with Crippen molar-refractivity contribution in [2.45, 2.75) is 70.9 Å². The summed E-state index contributed by atoms with van der Waals surface area (Å²) in [7, 11) is -3.43. The number of hydrogen-bond acceptors (Lipinski definition) is 8. The van der Waals surface area contributed by atoms with Crippen molar-refractivity contribution in [2.75, 3.05) is 23.9 Å². The Morgan fingerprint density at radius 1 is 1.19 bits per heavy atom. The lowest BCUT2D eigenvalue weighted by molar-refractivity contribution is -0.146. The third kappa shape index (κ3) is 9.47. The van der Waals surface area contributed by atoms with E-state index in [2.05, 4.69) is 31.8 Å². The molecule has 0 saturated heterocycles. The zero-order valence-corrected chi connectivity index (χ0v) is 23.6. The Hall–Kier alpha value is -2.57. The van der Waals surface area contributed by atoms with Gasteiger partial charge in [0, 0.05) is 5.69 Å². The number of thioether (sulfide) groups is 1. The molecule has 1 atom stereocenters. The number of unbranched alkanes of at least 4 members (excludes halogenated alkanes) is 1. The first-order chi connectivity index (χ1) is 16.8. The molecule has 0 spiro atoms. The minimum atomic E-state index is -3.43. The van der Waals surface area contributed by atoms with Gasteiger partial charge in [-0.25, -0.2) is 13.4 Å². The van der Waals surface area contributed by atoms with Gasteiger partial charge in [0.2, 0.25) is 0 Å². The van der Waals surface area contributed by atoms with Gasteiger partial charge in [0.1, 0.15) is 29.6 Å². The standard InChI is InChI=1S/C27H36N2O5S2/c1-7-8-13-36(31,32)18-23(16-33-22-11-9-21(10-12-22)27(4,5)6)34-25(30)17-35-26-24(15-28)19(2)14-20(3)29-26/h9-12,14,23H,7-8,13,16-18H2,1-6H3. The number of esters is 1. The average Bonchev–Trinajstić information content (AvgIpc) is 2.79. The van der Waals surface area contributed by atoms with Crippen LogP contribution in [0.25, 0.3) is 0 Å². The third-order valence-electron chi connectivity index (χ3n) is 5.45. The molecule has 1 unspecified atom stereocenters. The van der Waals surface area contributed by atoms with E-state index in [1.54, 1.807) is 0 Å². The Kier molecular flexibility index (Phi) is 10.8. The van der Waals surface area contributed by atoms with Crippen LogP contribution in [0, 0.1) is 25.2 Å². The Labute approximate surface area is 219 Å². The van der Waals surface area contributed by atoms with Gasteiger partial charge >= 0.3 is 5.97 Å². The molecule has 0 N–H and O–H groups in total. The second-order valence-electron chi connectivity index (χ2n) is 9.83. The second-order valence-corrected chi connectivity index (χ2v) is 13.0. The number of carbonyl (C=O) groups excluding carboxylic acids is 1. The summed E-state index contributed by atoms with van der Waals surface area (Å²) in [6, 6.07) is 11.5. The molecule has 2 aromatic rings. The number of pyridine rings is 1. The third-order valence-corrected chi connectivity index (χ3v) is 8.19. The van der Waals surface area contributed by atoms with Crippen LogP contribution < -0.4 is 4.74 Å². The molecular formula is C27H36N2O5S2. The monoisotopic (exact) mass is 532 g/mol. The topological polar surface area (TPSA) is 106 Å². The van der Waals surface area contributed by atoms with Crippen LogP contribution in [0.4, 0.5) is 0 Å². The van der Waals surface area contributed by atoms with E-state index < -0.39 is 21.9 Å². The van der Waals surface area contributed by atoms with Crippen LogP contribution in [0.1, 0.15) is 62.9 Å². The summed E-state index contributed by atoms with van der Waals surface area (Å²) in [6.45, 7) is 11.8. The van der Waals surface area contributed by atoms with E-state index in [-0.39, 0.29) is 29.3 Å². The fourth-order valence-corrected chi connectivity index (χ4v) is 5.99. The number of carbonyl (C=O) groups is 1. The van der Waals surface area contributed by atoms with E-state index in [4.69, 9.17) is 9.47 Å². The molecule has 1 aromatic heterocycles. The van der Waals surface area contributed by atoms with Crippen molar-refractivity contribution < 1.29 is 22.7 Å². The lowest BCUT2D eigenvalue weighted by Crippen LogP contribution is -2.34. The molecule has 36 heavy (non-hydrogen) atoms. The van der Waals surface area contributed by atoms with E-state index in [1.807, 2.05) is 51.1 Å². The Balaban J connectivity index is 2.09. The van der Waals surface area contributed by atoms with Gasteiger partial charge < -0.3 is 9.47 Å². The Bertz CT molecular complexity index is 1180. The number of ether oxygens (including phenoxy) is 2. The van der Waals surface area contributed by atoms with Crippen LogP contribution >= 0.6 is 11.8 Å². The second kappa shape index (κ2) is 13.1. The largest absolute Gasteiger partial charge is 0.490 e. The van der Waals surface area contributed by atoms with E-state index in [1.165, 1.54) is 0 Å². The predicted molar refractivity (Wildman–Crippen MR) is 143 cm³/mol. The lowest BCUT2D eigenvalue weighted by Gasteiger charge is -2.21. The Morgan fingerprint density at radius 2 is 1.86 bits per heavy atom. The highest BCUT2D eigenvalue weighted by Gasteiger charge is 2.24. The molecule has 0 aliphatic carbocycles. The van der Waals surface area contributed by atoms with Crippen molar-refractivity contribution in [1.82, 2.24) is 4.98 Å². The highest BCUT2D eigenvalue weighted by atomic mass is 32.2. The van der Waals surface area contributed by atoms with Crippen LogP contribution in [0.3, 0.4) is 0 Å². The van der Waals surface area contributed by atoms with Crippen molar-refractivity contribution in [1.29, 1.82) is 5.26 Å². The Morgan fingerprint density at radius 3 is 2.44 bits per heavy atom. The number of sulfone groups is 1. The molecule has 0 amide bonds.